The molecule has 2 N–H and O–H groups in total. The Morgan fingerprint density at radius 1 is 1.26 bits per heavy atom. The first-order valence-electron chi connectivity index (χ1n) is 6.52. The molecule has 0 aromatic carbocycles. The number of nitrogens with zero attached hydrogens (tertiary/aromatic N) is 1. The van der Waals surface area contributed by atoms with Crippen LogP contribution in [-0.4, -0.2) is 21.6 Å². The van der Waals surface area contributed by atoms with Crippen LogP contribution in [0.25, 0.3) is 0 Å². The molecule has 0 aliphatic rings. The first-order chi connectivity index (χ1) is 8.59. The van der Waals surface area contributed by atoms with Crippen molar-refractivity contribution in [3.63, 3.8) is 0 Å². The van der Waals surface area contributed by atoms with Gasteiger partial charge in [0.2, 0.25) is 0 Å². The summed E-state index contributed by atoms with van der Waals surface area (Å²) in [5.41, 5.74) is 1.35. The van der Waals surface area contributed by atoms with Gasteiger partial charge in [0.1, 0.15) is 0 Å². The lowest BCUT2D eigenvalue weighted by Crippen LogP contribution is -2.42. The van der Waals surface area contributed by atoms with Gasteiger partial charge in [-0.2, -0.15) is 0 Å². The molecular weight excluding hydrogens is 240 g/mol. The van der Waals surface area contributed by atoms with E-state index in [-0.39, 0.29) is 16.5 Å². The maximum absolute atomic E-state index is 10.7. The topological polar surface area (TPSA) is 62.2 Å². The second-order valence-corrected chi connectivity index (χ2v) is 6.82. The van der Waals surface area contributed by atoms with Crippen LogP contribution in [0.2, 0.25) is 0 Å². The van der Waals surface area contributed by atoms with Crippen LogP contribution in [0.15, 0.2) is 18.3 Å². The Kier molecular flexibility index (Phi) is 4.69. The molecule has 0 bridgehead atoms. The normalized spacial score (nSPS) is 12.5. The third-order valence-electron chi connectivity index (χ3n) is 2.79. The van der Waals surface area contributed by atoms with Crippen molar-refractivity contribution in [1.29, 1.82) is 0 Å². The van der Waals surface area contributed by atoms with Gasteiger partial charge in [0, 0.05) is 18.3 Å². The number of hydrogen-bond acceptors (Lipinski definition) is 3. The van der Waals surface area contributed by atoms with Gasteiger partial charge in [0.15, 0.2) is 0 Å². The van der Waals surface area contributed by atoms with Gasteiger partial charge < -0.3 is 10.4 Å². The third kappa shape index (κ3) is 5.83. The van der Waals surface area contributed by atoms with Crippen LogP contribution in [0.4, 0.5) is 0 Å². The molecule has 1 rings (SSSR count). The summed E-state index contributed by atoms with van der Waals surface area (Å²) in [5, 5.41) is 12.3. The largest absolute Gasteiger partial charge is 0.478 e. The van der Waals surface area contributed by atoms with E-state index in [4.69, 9.17) is 5.11 Å². The number of rotatable bonds is 5. The fourth-order valence-corrected chi connectivity index (χ4v) is 2.37. The molecule has 0 aliphatic carbocycles. The van der Waals surface area contributed by atoms with Gasteiger partial charge in [0.25, 0.3) is 0 Å². The van der Waals surface area contributed by atoms with E-state index in [0.29, 0.717) is 6.54 Å². The zero-order valence-corrected chi connectivity index (χ0v) is 12.4. The molecule has 4 nitrogen and oxygen atoms in total. The number of pyridine rings is 1. The quantitative estimate of drug-likeness (QED) is 0.858. The summed E-state index contributed by atoms with van der Waals surface area (Å²) in [7, 11) is 0. The molecule has 1 aromatic rings. The van der Waals surface area contributed by atoms with E-state index in [1.54, 1.807) is 12.1 Å². The molecule has 0 fully saturated rings. The summed E-state index contributed by atoms with van der Waals surface area (Å²) in [6.07, 6.45) is 2.45. The number of aromatic carboxylic acids is 1. The molecule has 0 saturated carbocycles. The second kappa shape index (κ2) is 5.70. The van der Waals surface area contributed by atoms with Crippen molar-refractivity contribution in [2.45, 2.75) is 53.1 Å². The summed E-state index contributed by atoms with van der Waals surface area (Å²) in [6.45, 7) is 11.6. The summed E-state index contributed by atoms with van der Waals surface area (Å²) >= 11 is 0. The molecule has 0 amide bonds. The van der Waals surface area contributed by atoms with E-state index in [0.717, 1.165) is 12.1 Å². The van der Waals surface area contributed by atoms with Gasteiger partial charge in [-0.3, -0.25) is 4.98 Å². The second-order valence-electron chi connectivity index (χ2n) is 6.82. The fraction of sp³-hybridized carbons (Fsp3) is 0.600. The minimum absolute atomic E-state index is 0.0192. The molecule has 0 saturated heterocycles. The van der Waals surface area contributed by atoms with Crippen LogP contribution >= 0.6 is 0 Å². The van der Waals surface area contributed by atoms with E-state index in [9.17, 15) is 4.79 Å². The molecular formula is C15H24N2O2. The molecule has 0 radical (unpaired) electrons. The van der Waals surface area contributed by atoms with Crippen LogP contribution in [-0.2, 0) is 6.54 Å². The highest BCUT2D eigenvalue weighted by Crippen LogP contribution is 2.26. The molecule has 1 heterocycles. The number of carboxylic acid groups (broad SMARTS) is 1. The minimum Gasteiger partial charge on any atom is -0.478 e. The third-order valence-corrected chi connectivity index (χ3v) is 2.79. The lowest BCUT2D eigenvalue weighted by Gasteiger charge is -2.33. The molecule has 0 atom stereocenters. The Morgan fingerprint density at radius 2 is 1.89 bits per heavy atom. The first kappa shape index (κ1) is 15.6. The zero-order chi connectivity index (χ0) is 14.7. The number of nitrogens with one attached hydrogen (secondary N) is 1. The van der Waals surface area contributed by atoms with E-state index >= 15 is 0 Å². The van der Waals surface area contributed by atoms with Crippen molar-refractivity contribution in [2.75, 3.05) is 0 Å². The summed E-state index contributed by atoms with van der Waals surface area (Å²) in [5.74, 6) is -0.944. The van der Waals surface area contributed by atoms with E-state index in [2.05, 4.69) is 44.9 Å². The van der Waals surface area contributed by atoms with Crippen LogP contribution in [0.5, 0.6) is 0 Å². The summed E-state index contributed by atoms with van der Waals surface area (Å²) in [4.78, 5) is 14.9. The van der Waals surface area contributed by atoms with E-state index in [1.807, 2.05) is 0 Å². The van der Waals surface area contributed by atoms with Crippen LogP contribution in [0.1, 0.15) is 57.1 Å². The highest BCUT2D eigenvalue weighted by molar-refractivity contribution is 5.87. The van der Waals surface area contributed by atoms with Crippen LogP contribution in [0, 0.1) is 5.41 Å². The maximum Gasteiger partial charge on any atom is 0.337 e. The minimum atomic E-state index is -0.944. The van der Waals surface area contributed by atoms with Gasteiger partial charge in [-0.25, -0.2) is 4.79 Å². The van der Waals surface area contributed by atoms with Gasteiger partial charge in [-0.05, 0) is 37.8 Å². The standard InChI is InChI=1S/C15H24N2O2/c1-14(2,3)10-15(4,5)17-9-12-7-6-11(8-16-12)13(18)19/h6-8,17H,9-10H2,1-5H3,(H,18,19). The van der Waals surface area contributed by atoms with Crippen molar-refractivity contribution in [3.05, 3.63) is 29.6 Å². The lowest BCUT2D eigenvalue weighted by atomic mass is 9.82. The van der Waals surface area contributed by atoms with Crippen molar-refractivity contribution in [1.82, 2.24) is 10.3 Å². The Labute approximate surface area is 115 Å². The van der Waals surface area contributed by atoms with E-state index in [1.165, 1.54) is 6.20 Å². The lowest BCUT2D eigenvalue weighted by molar-refractivity contribution is 0.0696. The highest BCUT2D eigenvalue weighted by atomic mass is 16.4. The molecule has 4 heteroatoms. The Morgan fingerprint density at radius 3 is 2.32 bits per heavy atom. The fourth-order valence-electron chi connectivity index (χ4n) is 2.37. The van der Waals surface area contributed by atoms with Gasteiger partial charge in [-0.1, -0.05) is 20.8 Å². The molecule has 0 spiro atoms. The number of aromatic nitrogens is 1. The van der Waals surface area contributed by atoms with E-state index < -0.39 is 5.97 Å². The smallest absolute Gasteiger partial charge is 0.337 e. The SMILES string of the molecule is CC(C)(C)CC(C)(C)NCc1ccc(C(=O)O)cn1. The van der Waals surface area contributed by atoms with Crippen molar-refractivity contribution >= 4 is 5.97 Å². The average Bonchev–Trinajstić information content (AvgIpc) is 2.24. The predicted molar refractivity (Wildman–Crippen MR) is 76.2 cm³/mol. The summed E-state index contributed by atoms with van der Waals surface area (Å²) in [6, 6.07) is 3.34. The predicted octanol–water partition coefficient (Wildman–Crippen LogP) is 3.08. The Bertz CT molecular complexity index is 430. The highest BCUT2D eigenvalue weighted by Gasteiger charge is 2.24. The molecule has 1 aromatic heterocycles. The van der Waals surface area contributed by atoms with Crippen molar-refractivity contribution < 1.29 is 9.90 Å². The monoisotopic (exact) mass is 264 g/mol. The zero-order valence-electron chi connectivity index (χ0n) is 12.4. The average molecular weight is 264 g/mol. The van der Waals surface area contributed by atoms with Crippen molar-refractivity contribution in [3.8, 4) is 0 Å². The molecule has 0 aliphatic heterocycles. The van der Waals surface area contributed by atoms with Crippen LogP contribution < -0.4 is 5.32 Å². The number of carbonyl (C=O) groups is 1. The molecule has 19 heavy (non-hydrogen) atoms. The maximum atomic E-state index is 10.7. The Balaban J connectivity index is 2.59. The Hall–Kier alpha value is -1.42. The van der Waals surface area contributed by atoms with Gasteiger partial charge in [-0.15, -0.1) is 0 Å². The first-order valence-corrected chi connectivity index (χ1v) is 6.52. The van der Waals surface area contributed by atoms with Crippen molar-refractivity contribution in [2.24, 2.45) is 5.41 Å². The van der Waals surface area contributed by atoms with Crippen LogP contribution in [0.3, 0.4) is 0 Å². The van der Waals surface area contributed by atoms with Gasteiger partial charge in [0.05, 0.1) is 11.3 Å². The number of hydrogen-bond donors (Lipinski definition) is 2. The summed E-state index contributed by atoms with van der Waals surface area (Å²) < 4.78 is 0. The number of carboxylic acids is 1. The van der Waals surface area contributed by atoms with Gasteiger partial charge >= 0.3 is 5.97 Å². The molecule has 106 valence electrons. The molecule has 0 unspecified atom stereocenters.